The monoisotopic (exact) mass is 449 g/mol. The lowest BCUT2D eigenvalue weighted by Gasteiger charge is -2.07. The number of thiophene rings is 1. The lowest BCUT2D eigenvalue weighted by molar-refractivity contribution is -0.384. The molecule has 0 radical (unpaired) electrons. The fraction of sp³-hybridized carbons (Fsp3) is 0.0435. The van der Waals surface area contributed by atoms with Gasteiger partial charge in [0.1, 0.15) is 18.2 Å². The fourth-order valence-electron chi connectivity index (χ4n) is 2.94. The second-order valence-corrected chi connectivity index (χ2v) is 7.83. The first-order valence-electron chi connectivity index (χ1n) is 9.47. The van der Waals surface area contributed by atoms with Gasteiger partial charge in [-0.2, -0.15) is 5.10 Å². The van der Waals surface area contributed by atoms with Crippen LogP contribution in [-0.4, -0.2) is 17.0 Å². The van der Waals surface area contributed by atoms with Crippen molar-refractivity contribution in [2.75, 3.05) is 0 Å². The van der Waals surface area contributed by atoms with Crippen LogP contribution in [0.4, 0.5) is 10.1 Å². The highest BCUT2D eigenvalue weighted by atomic mass is 32.1. The van der Waals surface area contributed by atoms with Gasteiger partial charge in [-0.3, -0.25) is 14.9 Å². The third kappa shape index (κ3) is 4.96. The molecule has 1 aromatic heterocycles. The summed E-state index contributed by atoms with van der Waals surface area (Å²) in [7, 11) is 0. The molecule has 0 aliphatic carbocycles. The molecule has 1 amide bonds. The van der Waals surface area contributed by atoms with Crippen molar-refractivity contribution in [2.24, 2.45) is 5.10 Å². The molecule has 4 rings (SSSR count). The Bertz CT molecular complexity index is 1340. The summed E-state index contributed by atoms with van der Waals surface area (Å²) in [5.41, 5.74) is 3.55. The Morgan fingerprint density at radius 3 is 2.78 bits per heavy atom. The zero-order chi connectivity index (χ0) is 22.5. The number of nitrogens with one attached hydrogen (secondary N) is 1. The van der Waals surface area contributed by atoms with Crippen molar-refractivity contribution in [3.05, 3.63) is 105 Å². The summed E-state index contributed by atoms with van der Waals surface area (Å²) in [6.45, 7) is 0.0914. The van der Waals surface area contributed by atoms with Crippen LogP contribution in [0.15, 0.2) is 77.9 Å². The first-order valence-corrected chi connectivity index (χ1v) is 10.3. The number of amides is 1. The van der Waals surface area contributed by atoms with Gasteiger partial charge in [0.2, 0.25) is 0 Å². The smallest absolute Gasteiger partial charge is 0.281 e. The van der Waals surface area contributed by atoms with Gasteiger partial charge in [-0.15, -0.1) is 11.3 Å². The molecule has 4 aromatic rings. The average molecular weight is 449 g/mol. The number of hydrogen-bond donors (Lipinski definition) is 1. The summed E-state index contributed by atoms with van der Waals surface area (Å²) in [5, 5.41) is 15.5. The van der Waals surface area contributed by atoms with Gasteiger partial charge in [0, 0.05) is 27.8 Å². The van der Waals surface area contributed by atoms with Gasteiger partial charge in [0.25, 0.3) is 11.6 Å². The van der Waals surface area contributed by atoms with Gasteiger partial charge >= 0.3 is 0 Å². The van der Waals surface area contributed by atoms with Crippen molar-refractivity contribution < 1.29 is 18.8 Å². The molecule has 0 spiro atoms. The lowest BCUT2D eigenvalue weighted by atomic mass is 10.2. The predicted molar refractivity (Wildman–Crippen MR) is 121 cm³/mol. The number of carbonyl (C=O) groups is 1. The molecule has 0 atom stereocenters. The number of benzene rings is 3. The van der Waals surface area contributed by atoms with Crippen molar-refractivity contribution in [1.82, 2.24) is 5.43 Å². The van der Waals surface area contributed by atoms with E-state index in [-0.39, 0.29) is 18.1 Å². The number of non-ortho nitro benzene ring substituents is 1. The summed E-state index contributed by atoms with van der Waals surface area (Å²) in [6, 6.07) is 19.4. The minimum absolute atomic E-state index is 0.0302. The van der Waals surface area contributed by atoms with Crippen molar-refractivity contribution in [3.8, 4) is 5.75 Å². The molecule has 1 N–H and O–H groups in total. The highest BCUT2D eigenvalue weighted by molar-refractivity contribution is 7.20. The molecular formula is C23H16FN3O4S. The molecule has 1 heterocycles. The second kappa shape index (κ2) is 9.36. The van der Waals surface area contributed by atoms with Crippen molar-refractivity contribution in [2.45, 2.75) is 6.61 Å². The minimum Gasteiger partial charge on any atom is -0.489 e. The summed E-state index contributed by atoms with van der Waals surface area (Å²) in [6.07, 6.45) is 1.46. The molecule has 160 valence electrons. The molecule has 9 heteroatoms. The van der Waals surface area contributed by atoms with Crippen LogP contribution in [0.25, 0.3) is 10.1 Å². The summed E-state index contributed by atoms with van der Waals surface area (Å²) in [4.78, 5) is 23.2. The largest absolute Gasteiger partial charge is 0.489 e. The summed E-state index contributed by atoms with van der Waals surface area (Å²) >= 11 is 1.22. The van der Waals surface area contributed by atoms with E-state index in [4.69, 9.17) is 4.74 Å². The Labute approximate surface area is 185 Å². The van der Waals surface area contributed by atoms with E-state index in [1.165, 1.54) is 35.8 Å². The maximum Gasteiger partial charge on any atom is 0.281 e. The van der Waals surface area contributed by atoms with Gasteiger partial charge in [-0.25, -0.2) is 9.82 Å². The molecule has 0 saturated heterocycles. The molecule has 0 bridgehead atoms. The number of hydrazone groups is 1. The number of halogens is 1. The zero-order valence-corrected chi connectivity index (χ0v) is 17.3. The first kappa shape index (κ1) is 21.1. The molecule has 0 unspecified atom stereocenters. The van der Waals surface area contributed by atoms with Crippen LogP contribution < -0.4 is 10.2 Å². The van der Waals surface area contributed by atoms with Gasteiger partial charge in [0.15, 0.2) is 0 Å². The summed E-state index contributed by atoms with van der Waals surface area (Å²) < 4.78 is 20.1. The molecule has 3 aromatic carbocycles. The van der Waals surface area contributed by atoms with E-state index >= 15 is 0 Å². The van der Waals surface area contributed by atoms with Crippen LogP contribution in [0.1, 0.15) is 20.8 Å². The zero-order valence-electron chi connectivity index (χ0n) is 16.5. The number of hydrogen-bond acceptors (Lipinski definition) is 6. The van der Waals surface area contributed by atoms with Crippen LogP contribution in [0.2, 0.25) is 0 Å². The topological polar surface area (TPSA) is 93.8 Å². The van der Waals surface area contributed by atoms with Gasteiger partial charge in [-0.05, 0) is 35.9 Å². The van der Waals surface area contributed by atoms with E-state index in [1.807, 2.05) is 0 Å². The van der Waals surface area contributed by atoms with Gasteiger partial charge < -0.3 is 4.74 Å². The van der Waals surface area contributed by atoms with Crippen LogP contribution >= 0.6 is 11.3 Å². The number of rotatable bonds is 7. The van der Waals surface area contributed by atoms with Crippen molar-refractivity contribution >= 4 is 39.2 Å². The number of nitro benzene ring substituents is 1. The highest BCUT2D eigenvalue weighted by Crippen LogP contribution is 2.28. The Hall–Kier alpha value is -4.11. The minimum atomic E-state index is -0.477. The Morgan fingerprint density at radius 2 is 1.97 bits per heavy atom. The Kier molecular flexibility index (Phi) is 6.18. The van der Waals surface area contributed by atoms with E-state index < -0.39 is 10.8 Å². The molecule has 32 heavy (non-hydrogen) atoms. The van der Waals surface area contributed by atoms with E-state index in [2.05, 4.69) is 10.5 Å². The predicted octanol–water partition coefficient (Wildman–Crippen LogP) is 5.29. The van der Waals surface area contributed by atoms with Crippen molar-refractivity contribution in [3.63, 3.8) is 0 Å². The quantitative estimate of drug-likeness (QED) is 0.236. The number of nitrogens with zero attached hydrogens (tertiary/aromatic N) is 2. The van der Waals surface area contributed by atoms with Crippen LogP contribution in [0, 0.1) is 15.9 Å². The number of carbonyl (C=O) groups excluding carboxylic acids is 1. The normalized spacial score (nSPS) is 11.0. The maximum absolute atomic E-state index is 13.7. The Balaban J connectivity index is 1.39. The van der Waals surface area contributed by atoms with Crippen LogP contribution in [0.5, 0.6) is 5.75 Å². The van der Waals surface area contributed by atoms with Gasteiger partial charge in [-0.1, -0.05) is 30.3 Å². The highest BCUT2D eigenvalue weighted by Gasteiger charge is 2.13. The maximum atomic E-state index is 13.7. The van der Waals surface area contributed by atoms with Crippen molar-refractivity contribution in [1.29, 1.82) is 0 Å². The molecule has 0 aliphatic rings. The summed E-state index contributed by atoms with van der Waals surface area (Å²) in [5.74, 6) is -0.213. The molecule has 0 aliphatic heterocycles. The molecule has 7 nitrogen and oxygen atoms in total. The van der Waals surface area contributed by atoms with Crippen LogP contribution in [-0.2, 0) is 6.61 Å². The first-order chi connectivity index (χ1) is 15.5. The average Bonchev–Trinajstić information content (AvgIpc) is 3.22. The molecule has 0 saturated carbocycles. The SMILES string of the molecule is O=C(N/N=C\c1cccc(OCc2ccccc2F)c1)c1cc2cc([N+](=O)[O-])ccc2s1. The van der Waals surface area contributed by atoms with E-state index in [0.29, 0.717) is 27.1 Å². The third-order valence-electron chi connectivity index (χ3n) is 4.52. The van der Waals surface area contributed by atoms with Crippen LogP contribution in [0.3, 0.4) is 0 Å². The van der Waals surface area contributed by atoms with E-state index in [1.54, 1.807) is 54.6 Å². The fourth-order valence-corrected chi connectivity index (χ4v) is 3.87. The van der Waals surface area contributed by atoms with Gasteiger partial charge in [0.05, 0.1) is 16.0 Å². The second-order valence-electron chi connectivity index (χ2n) is 6.74. The lowest BCUT2D eigenvalue weighted by Crippen LogP contribution is -2.16. The Morgan fingerprint density at radius 1 is 1.12 bits per heavy atom. The molecule has 0 fully saturated rings. The number of fused-ring (bicyclic) bond motifs is 1. The third-order valence-corrected chi connectivity index (χ3v) is 5.64. The van der Waals surface area contributed by atoms with E-state index in [0.717, 1.165) is 4.70 Å². The van der Waals surface area contributed by atoms with E-state index in [9.17, 15) is 19.3 Å². The number of nitro groups is 1. The molecular weight excluding hydrogens is 433 g/mol. The number of ether oxygens (including phenoxy) is 1. The standard InChI is InChI=1S/C23H16FN3O4S/c24-20-7-2-1-5-16(20)14-31-19-6-3-4-15(10-19)13-25-26-23(28)22-12-17-11-18(27(29)30)8-9-21(17)32-22/h1-13H,14H2,(H,26,28)/b25-13-.